The molecule has 130 heavy (non-hydrogen) atoms. The summed E-state index contributed by atoms with van der Waals surface area (Å²) in [7, 11) is 13.1. The second kappa shape index (κ2) is 78.8. The quantitative estimate of drug-likeness (QED) is 0.0706. The molecule has 0 radical (unpaired) electrons. The predicted octanol–water partition coefficient (Wildman–Crippen LogP) is 18.5. The average molecular weight is 1850 g/mol. The minimum atomic E-state index is 0.352. The highest BCUT2D eigenvalue weighted by atomic mass is 16.5. The largest absolute Gasteiger partial charge is 0.379 e. The maximum atomic E-state index is 5.60. The summed E-state index contributed by atoms with van der Waals surface area (Å²) in [5, 5.41) is 6.99. The lowest BCUT2D eigenvalue weighted by Gasteiger charge is -2.33. The molecule has 0 aromatic heterocycles. The van der Waals surface area contributed by atoms with Crippen LogP contribution in [0.15, 0.2) is 0 Å². The Morgan fingerprint density at radius 1 is 0.215 bits per heavy atom. The van der Waals surface area contributed by atoms with Gasteiger partial charge < -0.3 is 87.9 Å². The number of piperazine rings is 1. The van der Waals surface area contributed by atoms with E-state index < -0.39 is 0 Å². The lowest BCUT2D eigenvalue weighted by atomic mass is 9.97. The minimum absolute atomic E-state index is 0.352. The van der Waals surface area contributed by atoms with Crippen LogP contribution >= 0.6 is 0 Å². The third kappa shape index (κ3) is 74.2. The average Bonchev–Trinajstić information content (AvgIpc) is 1.83. The molecular weight excluding hydrogens is 1620 g/mol. The first-order valence-corrected chi connectivity index (χ1v) is 54.6. The van der Waals surface area contributed by atoms with E-state index in [0.29, 0.717) is 54.8 Å². The zero-order valence-corrected chi connectivity index (χ0v) is 93.1. The zero-order chi connectivity index (χ0) is 97.3. The van der Waals surface area contributed by atoms with Crippen LogP contribution < -0.4 is 10.6 Å². The maximum absolute atomic E-state index is 5.60. The minimum Gasteiger partial charge on any atom is -0.379 e. The molecule has 0 aliphatic carbocycles. The number of rotatable bonds is 30. The van der Waals surface area contributed by atoms with Crippen LogP contribution in [0.5, 0.6) is 0 Å². The molecule has 780 valence electrons. The van der Waals surface area contributed by atoms with E-state index in [2.05, 4.69) is 304 Å². The summed E-state index contributed by atoms with van der Waals surface area (Å²) < 4.78 is 38.7. The van der Waals surface area contributed by atoms with Gasteiger partial charge in [0.05, 0.1) is 82.9 Å². The molecule has 12 aliphatic rings. The van der Waals surface area contributed by atoms with E-state index in [9.17, 15) is 0 Å². The molecule has 0 aromatic carbocycles. The topological polar surface area (TPSA) is 131 Å². The van der Waals surface area contributed by atoms with Crippen molar-refractivity contribution in [1.82, 2.24) is 74.3 Å². The molecule has 2 N–H and O–H groups in total. The van der Waals surface area contributed by atoms with Crippen molar-refractivity contribution in [3.63, 3.8) is 0 Å². The number of likely N-dealkylation sites (tertiary alicyclic amines) is 11. The molecule has 5 atom stereocenters. The Bertz CT molecular complexity index is 2160. The number of ether oxygens (including phenoxy) is 7. The first-order valence-electron chi connectivity index (χ1n) is 54.6. The Morgan fingerprint density at radius 2 is 0.454 bits per heavy atom. The maximum Gasteiger partial charge on any atom is 0.0994 e. The van der Waals surface area contributed by atoms with Gasteiger partial charge in [-0.05, 0) is 422 Å². The van der Waals surface area contributed by atoms with Crippen LogP contribution in [0.25, 0.3) is 0 Å². The summed E-state index contributed by atoms with van der Waals surface area (Å²) in [5.74, 6) is 7.02. The van der Waals surface area contributed by atoms with Crippen LogP contribution in [0.3, 0.4) is 0 Å². The molecule has 12 saturated heterocycles. The molecule has 12 aliphatic heterocycles. The second-order valence-electron chi connectivity index (χ2n) is 45.1. The number of piperidine rings is 6. The molecular formula is C108H231N15O7. The Morgan fingerprint density at radius 3 is 0.708 bits per heavy atom. The Labute approximate surface area is 811 Å². The third-order valence-corrected chi connectivity index (χ3v) is 27.0. The van der Waals surface area contributed by atoms with Gasteiger partial charge in [0.25, 0.3) is 0 Å². The van der Waals surface area contributed by atoms with Gasteiger partial charge in [0.15, 0.2) is 0 Å². The Balaban J connectivity index is 0.000000710. The lowest BCUT2D eigenvalue weighted by molar-refractivity contribution is -0.0225. The SMILES string of the molecule is CC(C)NCC1CCN(C)C1.CC(C)NCC1CCN(C)CC1.CC(C)OCC1CCN(C)C1.CC(C)OCC1CCN(C)C1.CC(C)OCC1CCN(C)CC1.CC(C)OCN1CCCCC1.CC(C)OCN1CCCCC1.CC(C)OCN1CCCCC1.CC(C)OCN1CCN(C)CC1.CC1CCN(C(C)C)C1.CC1CCN(C(C)C)C1.CC1CCN(C(C)C)CC1. The predicted molar refractivity (Wildman–Crippen MR) is 563 cm³/mol. The summed E-state index contributed by atoms with van der Waals surface area (Å²) in [6.45, 7) is 99.8. The van der Waals surface area contributed by atoms with Gasteiger partial charge in [0, 0.05) is 135 Å². The van der Waals surface area contributed by atoms with Gasteiger partial charge >= 0.3 is 0 Å². The smallest absolute Gasteiger partial charge is 0.0994 e. The van der Waals surface area contributed by atoms with Gasteiger partial charge in [-0.1, -0.05) is 67.7 Å². The number of hydrogen-bond acceptors (Lipinski definition) is 22. The van der Waals surface area contributed by atoms with Gasteiger partial charge in [-0.3, -0.25) is 19.6 Å². The summed E-state index contributed by atoms with van der Waals surface area (Å²) in [4.78, 5) is 31.5. The summed E-state index contributed by atoms with van der Waals surface area (Å²) in [5.41, 5.74) is 0. The summed E-state index contributed by atoms with van der Waals surface area (Å²) in [6, 6.07) is 3.56. The molecule has 0 spiro atoms. The molecule has 12 fully saturated rings. The molecule has 0 aromatic rings. The first-order chi connectivity index (χ1) is 61.5. The van der Waals surface area contributed by atoms with Crippen LogP contribution in [0.1, 0.15) is 315 Å². The van der Waals surface area contributed by atoms with E-state index in [4.69, 9.17) is 33.2 Å². The highest BCUT2D eigenvalue weighted by Crippen LogP contribution is 2.23. The number of nitrogens with zero attached hydrogens (tertiary/aromatic N) is 13. The molecule has 12 heterocycles. The molecule has 12 rings (SSSR count). The third-order valence-electron chi connectivity index (χ3n) is 27.0. The molecule has 22 nitrogen and oxygen atoms in total. The van der Waals surface area contributed by atoms with Gasteiger partial charge in [0.1, 0.15) is 0 Å². The van der Waals surface area contributed by atoms with Crippen LogP contribution in [-0.2, 0) is 33.2 Å². The van der Waals surface area contributed by atoms with Crippen molar-refractivity contribution in [2.24, 2.45) is 47.3 Å². The summed E-state index contributed by atoms with van der Waals surface area (Å²) in [6.07, 6.45) is 29.9. The van der Waals surface area contributed by atoms with Gasteiger partial charge in [-0.25, -0.2) is 0 Å². The van der Waals surface area contributed by atoms with Crippen LogP contribution in [0, 0.1) is 47.3 Å². The highest BCUT2D eigenvalue weighted by molar-refractivity contribution is 4.80. The zero-order valence-electron chi connectivity index (χ0n) is 93.1. The van der Waals surface area contributed by atoms with Gasteiger partial charge in [-0.2, -0.15) is 0 Å². The second-order valence-corrected chi connectivity index (χ2v) is 45.1. The van der Waals surface area contributed by atoms with E-state index >= 15 is 0 Å². The fourth-order valence-electron chi connectivity index (χ4n) is 17.5. The molecule has 22 heteroatoms. The number of nitrogens with one attached hydrogen (secondary N) is 2. The molecule has 0 saturated carbocycles. The van der Waals surface area contributed by atoms with E-state index in [1.54, 1.807) is 0 Å². The Kier molecular flexibility index (Phi) is 77.0. The van der Waals surface area contributed by atoms with Crippen molar-refractivity contribution in [3.05, 3.63) is 0 Å². The van der Waals surface area contributed by atoms with Crippen LogP contribution in [0.2, 0.25) is 0 Å². The first kappa shape index (κ1) is 127. The van der Waals surface area contributed by atoms with Gasteiger partial charge in [0.2, 0.25) is 0 Å². The van der Waals surface area contributed by atoms with Crippen LogP contribution in [-0.4, -0.2) is 409 Å². The van der Waals surface area contributed by atoms with Crippen LogP contribution in [0.4, 0.5) is 0 Å². The van der Waals surface area contributed by atoms with E-state index in [1.165, 1.54) is 299 Å². The normalized spacial score (nSPS) is 24.2. The highest BCUT2D eigenvalue weighted by Gasteiger charge is 2.26. The van der Waals surface area contributed by atoms with Gasteiger partial charge in [-0.15, -0.1) is 0 Å². The van der Waals surface area contributed by atoms with E-state index in [-0.39, 0.29) is 0 Å². The molecule has 0 bridgehead atoms. The standard InChI is InChI=1S/C10H22N2.C10H21NO.C9H20N2O.C9H20N2.5C9H19NO.C9H19N.2C8H17N/c1-9(2)11-8-10-4-6-12(3)7-5-10;1-9(2)12-8-10-4-6-11(3)7-5-10;1-9(2)12-8-11-6-4-10(3)5-7-11;1-8(2)10-6-9-4-5-11(3)7-9;2*1-8(2)11-7-9-4-5-10(3)6-9;3*1-9(2)11-8-10-6-4-3-5-7-10;1-8(2)10-6-4-9(3)5-7-10;2*1-7(2)9-5-4-8(3)6-9/h9-11H,4-8H2,1-3H3;9-10H,4-8H2,1-3H3;9H,4-8H2,1-3H3;8-10H,4-7H2,1-3H3;2*8-9H,4-7H2,1-3H3;3*9H,3-8H2,1-2H3;8-9H,4-7H2,1-3H3;2*7-8H,4-6H2,1-3H3. The fourth-order valence-corrected chi connectivity index (χ4v) is 17.5. The monoisotopic (exact) mass is 1850 g/mol. The fraction of sp³-hybridized carbons (Fsp3) is 1.00. The summed E-state index contributed by atoms with van der Waals surface area (Å²) >= 11 is 0. The van der Waals surface area contributed by atoms with E-state index in [0.717, 1.165) is 125 Å². The lowest BCUT2D eigenvalue weighted by Crippen LogP contribution is -2.45. The van der Waals surface area contributed by atoms with Crippen molar-refractivity contribution < 1.29 is 33.2 Å². The number of likely N-dealkylation sites (N-methyl/N-ethyl adjacent to an activating group) is 1. The van der Waals surface area contributed by atoms with E-state index in [1.807, 2.05) is 0 Å². The van der Waals surface area contributed by atoms with Crippen molar-refractivity contribution in [2.45, 2.75) is 388 Å². The van der Waals surface area contributed by atoms with Crippen molar-refractivity contribution in [2.75, 3.05) is 272 Å². The van der Waals surface area contributed by atoms with Crippen molar-refractivity contribution >= 4 is 0 Å². The van der Waals surface area contributed by atoms with Crippen molar-refractivity contribution in [3.8, 4) is 0 Å². The van der Waals surface area contributed by atoms with Crippen molar-refractivity contribution in [1.29, 1.82) is 0 Å². The Hall–Kier alpha value is -0.880. The molecule has 5 unspecified atom stereocenters. The molecule has 0 amide bonds. The number of hydrogen-bond donors (Lipinski definition) is 2.